The van der Waals surface area contributed by atoms with Gasteiger partial charge < -0.3 is 10.2 Å². The maximum Gasteiger partial charge on any atom is 0.244 e. The lowest BCUT2D eigenvalue weighted by Gasteiger charge is -2.25. The monoisotopic (exact) mass is 432 g/mol. The van der Waals surface area contributed by atoms with Crippen molar-refractivity contribution in [2.45, 2.75) is 44.4 Å². The molecule has 6 heteroatoms. The molecule has 1 aliphatic rings. The topological polar surface area (TPSA) is 49.4 Å². The van der Waals surface area contributed by atoms with Crippen molar-refractivity contribution in [1.82, 2.24) is 4.90 Å². The van der Waals surface area contributed by atoms with Gasteiger partial charge in [0.1, 0.15) is 0 Å². The molecule has 0 radical (unpaired) electrons. The van der Waals surface area contributed by atoms with Gasteiger partial charge in [-0.15, -0.1) is 0 Å². The standard InChI is InChI=1S/C23H26Cl2N2O2/c1-22(2,3)15-8-10-16(11-9-15)23(12-13-23)21(29)27(4)14-19(28)26-20-17(24)6-5-7-18(20)25/h5-11H,12-14H2,1-4H3,(H,26,28). The summed E-state index contributed by atoms with van der Waals surface area (Å²) >= 11 is 12.2. The van der Waals surface area contributed by atoms with Gasteiger partial charge in [0.15, 0.2) is 0 Å². The highest BCUT2D eigenvalue weighted by Gasteiger charge is 2.52. The minimum absolute atomic E-state index is 0.0404. The van der Waals surface area contributed by atoms with Crippen LogP contribution in [0, 0.1) is 0 Å². The molecule has 0 atom stereocenters. The van der Waals surface area contributed by atoms with Crippen LogP contribution < -0.4 is 5.32 Å². The number of halogens is 2. The van der Waals surface area contributed by atoms with Crippen molar-refractivity contribution in [3.8, 4) is 0 Å². The fourth-order valence-corrected chi connectivity index (χ4v) is 3.98. The van der Waals surface area contributed by atoms with Crippen molar-refractivity contribution < 1.29 is 9.59 Å². The lowest BCUT2D eigenvalue weighted by Crippen LogP contribution is -2.41. The SMILES string of the molecule is CN(CC(=O)Nc1c(Cl)cccc1Cl)C(=O)C1(c2ccc(C(C)(C)C)cc2)CC1. The van der Waals surface area contributed by atoms with E-state index in [9.17, 15) is 9.59 Å². The summed E-state index contributed by atoms with van der Waals surface area (Å²) in [7, 11) is 1.65. The number of rotatable bonds is 5. The Morgan fingerprint density at radius 2 is 1.59 bits per heavy atom. The molecule has 0 saturated heterocycles. The van der Waals surface area contributed by atoms with Crippen LogP contribution in [0.2, 0.25) is 10.0 Å². The molecule has 1 N–H and O–H groups in total. The third-order valence-electron chi connectivity index (χ3n) is 5.42. The van der Waals surface area contributed by atoms with Crippen LogP contribution in [0.15, 0.2) is 42.5 Å². The molecule has 0 unspecified atom stereocenters. The summed E-state index contributed by atoms with van der Waals surface area (Å²) in [4.78, 5) is 27.1. The molecule has 0 heterocycles. The van der Waals surface area contributed by atoms with Crippen molar-refractivity contribution in [1.29, 1.82) is 0 Å². The molecule has 0 bridgehead atoms. The number of nitrogens with one attached hydrogen (secondary N) is 1. The maximum absolute atomic E-state index is 13.1. The highest BCUT2D eigenvalue weighted by atomic mass is 35.5. The van der Waals surface area contributed by atoms with Crippen LogP contribution in [0.4, 0.5) is 5.69 Å². The number of nitrogens with zero attached hydrogens (tertiary/aromatic N) is 1. The zero-order valence-corrected chi connectivity index (χ0v) is 18.7. The van der Waals surface area contributed by atoms with E-state index in [1.54, 1.807) is 25.2 Å². The Bertz CT molecular complexity index is 909. The van der Waals surface area contributed by atoms with Crippen LogP contribution in [0.5, 0.6) is 0 Å². The Morgan fingerprint density at radius 3 is 2.07 bits per heavy atom. The van der Waals surface area contributed by atoms with E-state index in [2.05, 4.69) is 38.2 Å². The average molecular weight is 433 g/mol. The van der Waals surface area contributed by atoms with Crippen molar-refractivity contribution in [2.75, 3.05) is 18.9 Å². The summed E-state index contributed by atoms with van der Waals surface area (Å²) < 4.78 is 0. The molecular formula is C23H26Cl2N2O2. The molecule has 2 aromatic carbocycles. The molecule has 0 aliphatic heterocycles. The molecule has 29 heavy (non-hydrogen) atoms. The summed E-state index contributed by atoms with van der Waals surface area (Å²) in [6, 6.07) is 13.3. The molecule has 4 nitrogen and oxygen atoms in total. The predicted octanol–water partition coefficient (Wildman–Crippen LogP) is 5.42. The largest absolute Gasteiger partial charge is 0.336 e. The summed E-state index contributed by atoms with van der Waals surface area (Å²) in [6.45, 7) is 6.43. The van der Waals surface area contributed by atoms with Gasteiger partial charge in [0.05, 0.1) is 27.7 Å². The second-order valence-electron chi connectivity index (χ2n) is 8.72. The van der Waals surface area contributed by atoms with Gasteiger partial charge in [0.25, 0.3) is 0 Å². The molecule has 1 fully saturated rings. The molecule has 1 saturated carbocycles. The van der Waals surface area contributed by atoms with E-state index in [1.807, 2.05) is 12.1 Å². The second-order valence-corrected chi connectivity index (χ2v) is 9.53. The smallest absolute Gasteiger partial charge is 0.244 e. The number of carbonyl (C=O) groups excluding carboxylic acids is 2. The van der Waals surface area contributed by atoms with E-state index >= 15 is 0 Å². The van der Waals surface area contributed by atoms with Gasteiger partial charge >= 0.3 is 0 Å². The average Bonchev–Trinajstić information content (AvgIpc) is 3.45. The molecule has 1 aliphatic carbocycles. The van der Waals surface area contributed by atoms with E-state index in [0.29, 0.717) is 15.7 Å². The minimum atomic E-state index is -0.520. The highest BCUT2D eigenvalue weighted by Crippen LogP contribution is 2.49. The number of para-hydroxylation sites is 1. The normalized spacial score (nSPS) is 15.0. The molecule has 2 amide bonds. The maximum atomic E-state index is 13.1. The number of carbonyl (C=O) groups is 2. The van der Waals surface area contributed by atoms with Gasteiger partial charge in [-0.1, -0.05) is 74.3 Å². The number of anilines is 1. The first-order valence-corrected chi connectivity index (χ1v) is 10.4. The first kappa shape index (κ1) is 21.7. The number of likely N-dealkylation sites (N-methyl/N-ethyl adjacent to an activating group) is 1. The van der Waals surface area contributed by atoms with Gasteiger partial charge in [-0.05, 0) is 41.5 Å². The van der Waals surface area contributed by atoms with Crippen molar-refractivity contribution in [3.63, 3.8) is 0 Å². The van der Waals surface area contributed by atoms with E-state index in [-0.39, 0.29) is 23.8 Å². The third kappa shape index (κ3) is 4.59. The van der Waals surface area contributed by atoms with Crippen LogP contribution in [0.25, 0.3) is 0 Å². The van der Waals surface area contributed by atoms with Crippen LogP contribution >= 0.6 is 23.2 Å². The van der Waals surface area contributed by atoms with Crippen LogP contribution in [-0.2, 0) is 20.4 Å². The van der Waals surface area contributed by atoms with Crippen LogP contribution in [0.1, 0.15) is 44.7 Å². The predicted molar refractivity (Wildman–Crippen MR) is 119 cm³/mol. The lowest BCUT2D eigenvalue weighted by atomic mass is 9.84. The first-order valence-electron chi connectivity index (χ1n) is 9.65. The van der Waals surface area contributed by atoms with Gasteiger partial charge in [-0.3, -0.25) is 9.59 Å². The number of benzene rings is 2. The molecule has 0 spiro atoms. The van der Waals surface area contributed by atoms with Crippen molar-refractivity contribution >= 4 is 40.7 Å². The molecule has 154 valence electrons. The van der Waals surface area contributed by atoms with Gasteiger partial charge in [0.2, 0.25) is 11.8 Å². The Balaban J connectivity index is 1.69. The Morgan fingerprint density at radius 1 is 1.03 bits per heavy atom. The highest BCUT2D eigenvalue weighted by molar-refractivity contribution is 6.39. The minimum Gasteiger partial charge on any atom is -0.336 e. The quantitative estimate of drug-likeness (QED) is 0.685. The Labute approximate surface area is 182 Å². The fraction of sp³-hybridized carbons (Fsp3) is 0.391. The fourth-order valence-electron chi connectivity index (χ4n) is 3.49. The van der Waals surface area contributed by atoms with E-state index in [0.717, 1.165) is 18.4 Å². The van der Waals surface area contributed by atoms with Crippen molar-refractivity contribution in [3.05, 3.63) is 63.6 Å². The summed E-state index contributed by atoms with van der Waals surface area (Å²) in [5, 5.41) is 3.42. The van der Waals surface area contributed by atoms with Crippen LogP contribution in [0.3, 0.4) is 0 Å². The molecule has 2 aromatic rings. The molecule has 0 aromatic heterocycles. The molecular weight excluding hydrogens is 407 g/mol. The molecule has 3 rings (SSSR count). The van der Waals surface area contributed by atoms with E-state index < -0.39 is 5.41 Å². The zero-order valence-electron chi connectivity index (χ0n) is 17.2. The summed E-state index contributed by atoms with van der Waals surface area (Å²) in [6.07, 6.45) is 1.59. The van der Waals surface area contributed by atoms with Gasteiger partial charge in [-0.2, -0.15) is 0 Å². The first-order chi connectivity index (χ1) is 13.5. The third-order valence-corrected chi connectivity index (χ3v) is 6.05. The van der Waals surface area contributed by atoms with Crippen LogP contribution in [-0.4, -0.2) is 30.3 Å². The van der Waals surface area contributed by atoms with E-state index in [4.69, 9.17) is 23.2 Å². The van der Waals surface area contributed by atoms with Crippen molar-refractivity contribution in [2.24, 2.45) is 0 Å². The van der Waals surface area contributed by atoms with E-state index in [1.165, 1.54) is 10.5 Å². The summed E-state index contributed by atoms with van der Waals surface area (Å²) in [5.74, 6) is -0.379. The number of hydrogen-bond acceptors (Lipinski definition) is 2. The zero-order chi connectivity index (χ0) is 21.4. The lowest BCUT2D eigenvalue weighted by molar-refractivity contribution is -0.135. The Kier molecular flexibility index (Phi) is 5.98. The van der Waals surface area contributed by atoms with Gasteiger partial charge in [-0.25, -0.2) is 0 Å². The number of amides is 2. The Hall–Kier alpha value is -2.04. The number of hydrogen-bond donors (Lipinski definition) is 1. The second kappa shape index (κ2) is 8.00. The summed E-state index contributed by atoms with van der Waals surface area (Å²) in [5.41, 5.74) is 2.15. The van der Waals surface area contributed by atoms with Gasteiger partial charge in [0, 0.05) is 7.05 Å².